The summed E-state index contributed by atoms with van der Waals surface area (Å²) in [6.45, 7) is 12.2. The number of halogens is 1. The standard InChI is InChI=1S/C19H40N4O2.HI/c1-5-19(6-2,10-13-24)16-22-18(20-7-3)21-15-17-9-8-11-23(17)12-14-25-4;/h17,24H,5-16H2,1-4H3,(H2,20,21,22);1H. The Morgan fingerprint density at radius 3 is 2.58 bits per heavy atom. The molecule has 1 atom stereocenters. The SMILES string of the molecule is CCNC(=NCC(CC)(CC)CCO)NCC1CCCN1CCOC.I. The topological polar surface area (TPSA) is 69.1 Å². The van der Waals surface area contributed by atoms with E-state index >= 15 is 0 Å². The minimum Gasteiger partial charge on any atom is -0.396 e. The first-order valence-corrected chi connectivity index (χ1v) is 10.0. The van der Waals surface area contributed by atoms with Crippen molar-refractivity contribution in [1.82, 2.24) is 15.5 Å². The van der Waals surface area contributed by atoms with Gasteiger partial charge in [0.2, 0.25) is 0 Å². The van der Waals surface area contributed by atoms with Gasteiger partial charge in [0.1, 0.15) is 0 Å². The Morgan fingerprint density at radius 1 is 1.27 bits per heavy atom. The van der Waals surface area contributed by atoms with Crippen molar-refractivity contribution >= 4 is 29.9 Å². The number of aliphatic hydroxyl groups is 1. The second-order valence-electron chi connectivity index (χ2n) is 7.08. The lowest BCUT2D eigenvalue weighted by molar-refractivity contribution is 0.141. The number of guanidine groups is 1. The lowest BCUT2D eigenvalue weighted by Gasteiger charge is -2.30. The quantitative estimate of drug-likeness (QED) is 0.226. The van der Waals surface area contributed by atoms with Gasteiger partial charge in [-0.15, -0.1) is 24.0 Å². The van der Waals surface area contributed by atoms with Gasteiger partial charge in [0.15, 0.2) is 5.96 Å². The number of nitrogens with zero attached hydrogens (tertiary/aromatic N) is 2. The molecular weight excluding hydrogens is 443 g/mol. The second kappa shape index (κ2) is 14.9. The molecule has 1 saturated heterocycles. The summed E-state index contributed by atoms with van der Waals surface area (Å²) >= 11 is 0. The van der Waals surface area contributed by atoms with Crippen molar-refractivity contribution in [2.45, 2.75) is 58.9 Å². The first kappa shape index (κ1) is 25.9. The van der Waals surface area contributed by atoms with Crippen molar-refractivity contribution in [2.24, 2.45) is 10.4 Å². The van der Waals surface area contributed by atoms with E-state index in [1.165, 1.54) is 12.8 Å². The molecule has 1 unspecified atom stereocenters. The molecule has 0 radical (unpaired) electrons. The van der Waals surface area contributed by atoms with Gasteiger partial charge in [0.05, 0.1) is 6.61 Å². The van der Waals surface area contributed by atoms with Crippen LogP contribution in [0.5, 0.6) is 0 Å². The number of likely N-dealkylation sites (tertiary alicyclic amines) is 1. The van der Waals surface area contributed by atoms with Crippen LogP contribution in [-0.2, 0) is 4.74 Å². The van der Waals surface area contributed by atoms with Crippen LogP contribution in [0.3, 0.4) is 0 Å². The molecule has 0 bridgehead atoms. The fourth-order valence-electron chi connectivity index (χ4n) is 3.58. The number of hydrogen-bond donors (Lipinski definition) is 3. The van der Waals surface area contributed by atoms with Gasteiger partial charge < -0.3 is 20.5 Å². The molecule has 0 aromatic heterocycles. The average Bonchev–Trinajstić information content (AvgIpc) is 3.08. The fourth-order valence-corrected chi connectivity index (χ4v) is 3.58. The van der Waals surface area contributed by atoms with Crippen LogP contribution >= 0.6 is 24.0 Å². The van der Waals surface area contributed by atoms with Gasteiger partial charge in [-0.1, -0.05) is 13.8 Å². The molecule has 1 aliphatic heterocycles. The van der Waals surface area contributed by atoms with Crippen molar-refractivity contribution in [3.63, 3.8) is 0 Å². The van der Waals surface area contributed by atoms with Crippen LogP contribution in [0.15, 0.2) is 4.99 Å². The predicted molar refractivity (Wildman–Crippen MR) is 121 cm³/mol. The van der Waals surface area contributed by atoms with Crippen molar-refractivity contribution in [2.75, 3.05) is 53.0 Å². The van der Waals surface area contributed by atoms with Crippen molar-refractivity contribution in [1.29, 1.82) is 0 Å². The van der Waals surface area contributed by atoms with Gasteiger partial charge in [-0.05, 0) is 51.0 Å². The third-order valence-electron chi connectivity index (χ3n) is 5.65. The smallest absolute Gasteiger partial charge is 0.191 e. The number of nitrogens with one attached hydrogen (secondary N) is 2. The van der Waals surface area contributed by atoms with E-state index < -0.39 is 0 Å². The molecule has 0 spiro atoms. The Hall–Kier alpha value is -0.120. The van der Waals surface area contributed by atoms with Gasteiger partial charge in [0, 0.05) is 45.9 Å². The van der Waals surface area contributed by atoms with E-state index in [0.29, 0.717) is 6.04 Å². The summed E-state index contributed by atoms with van der Waals surface area (Å²) < 4.78 is 5.22. The summed E-state index contributed by atoms with van der Waals surface area (Å²) in [5.41, 5.74) is 0.106. The highest BCUT2D eigenvalue weighted by atomic mass is 127. The van der Waals surface area contributed by atoms with Crippen LogP contribution in [0.4, 0.5) is 0 Å². The van der Waals surface area contributed by atoms with Gasteiger partial charge >= 0.3 is 0 Å². The molecule has 6 nitrogen and oxygen atoms in total. The first-order chi connectivity index (χ1) is 12.1. The van der Waals surface area contributed by atoms with E-state index in [-0.39, 0.29) is 36.0 Å². The van der Waals surface area contributed by atoms with E-state index in [1.54, 1.807) is 7.11 Å². The van der Waals surface area contributed by atoms with E-state index in [4.69, 9.17) is 9.73 Å². The number of aliphatic hydroxyl groups excluding tert-OH is 1. The van der Waals surface area contributed by atoms with Gasteiger partial charge in [0.25, 0.3) is 0 Å². The Balaban J connectivity index is 0.00000625. The normalized spacial score (nSPS) is 18.7. The molecule has 1 heterocycles. The molecule has 0 amide bonds. The molecular formula is C19H41IN4O2. The minimum absolute atomic E-state index is 0. The van der Waals surface area contributed by atoms with Gasteiger partial charge in [-0.3, -0.25) is 9.89 Å². The number of methoxy groups -OCH3 is 1. The predicted octanol–water partition coefficient (Wildman–Crippen LogP) is 2.46. The van der Waals surface area contributed by atoms with Crippen molar-refractivity contribution in [3.05, 3.63) is 0 Å². The lowest BCUT2D eigenvalue weighted by Crippen LogP contribution is -2.46. The molecule has 7 heteroatoms. The Kier molecular flexibility index (Phi) is 14.8. The molecule has 0 aromatic rings. The monoisotopic (exact) mass is 484 g/mol. The maximum atomic E-state index is 9.38. The van der Waals surface area contributed by atoms with Crippen molar-refractivity contribution in [3.8, 4) is 0 Å². The van der Waals surface area contributed by atoms with E-state index in [9.17, 15) is 5.11 Å². The zero-order chi connectivity index (χ0) is 18.5. The number of hydrogen-bond acceptors (Lipinski definition) is 4. The maximum absolute atomic E-state index is 9.38. The molecule has 3 N–H and O–H groups in total. The summed E-state index contributed by atoms with van der Waals surface area (Å²) in [5, 5.41) is 16.3. The fraction of sp³-hybridized carbons (Fsp3) is 0.947. The highest BCUT2D eigenvalue weighted by molar-refractivity contribution is 14.0. The van der Waals surface area contributed by atoms with E-state index in [1.807, 2.05) is 0 Å². The van der Waals surface area contributed by atoms with Crippen LogP contribution < -0.4 is 10.6 Å². The summed E-state index contributed by atoms with van der Waals surface area (Å²) in [6, 6.07) is 0.554. The average molecular weight is 484 g/mol. The molecule has 1 fully saturated rings. The molecule has 0 saturated carbocycles. The van der Waals surface area contributed by atoms with Crippen LogP contribution in [0.1, 0.15) is 52.9 Å². The second-order valence-corrected chi connectivity index (χ2v) is 7.08. The highest BCUT2D eigenvalue weighted by Crippen LogP contribution is 2.30. The van der Waals surface area contributed by atoms with E-state index in [2.05, 4.69) is 36.3 Å². The molecule has 0 aliphatic carbocycles. The van der Waals surface area contributed by atoms with Gasteiger partial charge in [-0.25, -0.2) is 0 Å². The minimum atomic E-state index is 0. The number of ether oxygens (including phenoxy) is 1. The first-order valence-electron chi connectivity index (χ1n) is 10.0. The lowest BCUT2D eigenvalue weighted by atomic mass is 9.79. The Labute approximate surface area is 177 Å². The van der Waals surface area contributed by atoms with E-state index in [0.717, 1.165) is 64.6 Å². The Bertz CT molecular complexity index is 379. The number of rotatable bonds is 12. The Morgan fingerprint density at radius 2 is 2.00 bits per heavy atom. The van der Waals surface area contributed by atoms with Crippen molar-refractivity contribution < 1.29 is 9.84 Å². The molecule has 156 valence electrons. The summed E-state index contributed by atoms with van der Waals surface area (Å²) in [7, 11) is 1.76. The summed E-state index contributed by atoms with van der Waals surface area (Å²) in [4.78, 5) is 7.34. The molecule has 26 heavy (non-hydrogen) atoms. The molecule has 0 aromatic carbocycles. The summed E-state index contributed by atoms with van der Waals surface area (Å²) in [6.07, 6.45) is 5.39. The third kappa shape index (κ3) is 8.71. The third-order valence-corrected chi connectivity index (χ3v) is 5.65. The molecule has 1 rings (SSSR count). The zero-order valence-corrected chi connectivity index (χ0v) is 19.6. The largest absolute Gasteiger partial charge is 0.396 e. The summed E-state index contributed by atoms with van der Waals surface area (Å²) in [5.74, 6) is 0.894. The number of aliphatic imine (C=N–C) groups is 1. The zero-order valence-electron chi connectivity index (χ0n) is 17.2. The van der Waals surface area contributed by atoms with Gasteiger partial charge in [-0.2, -0.15) is 0 Å². The maximum Gasteiger partial charge on any atom is 0.191 e. The van der Waals surface area contributed by atoms with Crippen LogP contribution in [0, 0.1) is 5.41 Å². The van der Waals surface area contributed by atoms with Crippen LogP contribution in [-0.4, -0.2) is 75.1 Å². The highest BCUT2D eigenvalue weighted by Gasteiger charge is 2.26. The molecule has 1 aliphatic rings. The van der Waals surface area contributed by atoms with Crippen LogP contribution in [0.25, 0.3) is 0 Å². The van der Waals surface area contributed by atoms with Crippen LogP contribution in [0.2, 0.25) is 0 Å².